The number of rotatable bonds is 4. The molecule has 1 fully saturated rings. The Morgan fingerprint density at radius 3 is 2.61 bits per heavy atom. The van der Waals surface area contributed by atoms with Crippen LogP contribution in [0.25, 0.3) is 0 Å². The number of amides is 3. The summed E-state index contributed by atoms with van der Waals surface area (Å²) in [6.45, 7) is 7.77. The smallest absolute Gasteiger partial charge is 0.315 e. The average Bonchev–Trinajstić information content (AvgIpc) is 2.58. The van der Waals surface area contributed by atoms with E-state index in [1.54, 1.807) is 18.7 Å². The predicted molar refractivity (Wildman–Crippen MR) is 68.1 cm³/mol. The molecule has 0 aliphatic carbocycles. The molecule has 1 aliphatic rings. The Kier molecular flexibility index (Phi) is 4.56. The van der Waals surface area contributed by atoms with Crippen LogP contribution in [0, 0.1) is 0 Å². The number of urea groups is 1. The average molecular weight is 257 g/mol. The molecule has 6 heteroatoms. The van der Waals surface area contributed by atoms with E-state index in [-0.39, 0.29) is 30.6 Å². The van der Waals surface area contributed by atoms with E-state index in [2.05, 4.69) is 10.6 Å². The molecule has 6 nitrogen and oxygen atoms in total. The fourth-order valence-corrected chi connectivity index (χ4v) is 1.90. The van der Waals surface area contributed by atoms with Gasteiger partial charge in [0.25, 0.3) is 0 Å². The number of aliphatic hydroxyl groups excluding tert-OH is 1. The van der Waals surface area contributed by atoms with Crippen molar-refractivity contribution in [2.24, 2.45) is 0 Å². The van der Waals surface area contributed by atoms with Gasteiger partial charge in [0.1, 0.15) is 0 Å². The van der Waals surface area contributed by atoms with Crippen molar-refractivity contribution in [2.75, 3.05) is 13.2 Å². The van der Waals surface area contributed by atoms with Gasteiger partial charge in [0.05, 0.1) is 18.2 Å². The van der Waals surface area contributed by atoms with Gasteiger partial charge in [0.2, 0.25) is 5.91 Å². The highest BCUT2D eigenvalue weighted by Gasteiger charge is 2.32. The summed E-state index contributed by atoms with van der Waals surface area (Å²) in [4.78, 5) is 25.1. The summed E-state index contributed by atoms with van der Waals surface area (Å²) in [7, 11) is 0. The second-order valence-electron chi connectivity index (χ2n) is 5.68. The van der Waals surface area contributed by atoms with E-state index >= 15 is 0 Å². The Bertz CT molecular complexity index is 329. The molecule has 1 unspecified atom stereocenters. The lowest BCUT2D eigenvalue weighted by atomic mass is 10.1. The van der Waals surface area contributed by atoms with Gasteiger partial charge in [-0.2, -0.15) is 0 Å². The molecule has 1 saturated heterocycles. The molecule has 0 radical (unpaired) electrons. The van der Waals surface area contributed by atoms with E-state index in [4.69, 9.17) is 5.11 Å². The van der Waals surface area contributed by atoms with Crippen molar-refractivity contribution in [3.05, 3.63) is 0 Å². The molecule has 0 bridgehead atoms. The third-order valence-electron chi connectivity index (χ3n) is 2.96. The first-order valence-electron chi connectivity index (χ1n) is 6.24. The largest absolute Gasteiger partial charge is 0.394 e. The summed E-state index contributed by atoms with van der Waals surface area (Å²) < 4.78 is 0. The molecule has 104 valence electrons. The number of aliphatic hydroxyl groups is 1. The molecule has 0 aromatic heterocycles. The summed E-state index contributed by atoms with van der Waals surface area (Å²) in [5.74, 6) is 0.0664. The quantitative estimate of drug-likeness (QED) is 0.666. The maximum Gasteiger partial charge on any atom is 0.315 e. The molecule has 1 aliphatic heterocycles. The molecule has 1 atom stereocenters. The molecule has 18 heavy (non-hydrogen) atoms. The summed E-state index contributed by atoms with van der Waals surface area (Å²) in [5, 5.41) is 14.5. The Morgan fingerprint density at radius 1 is 1.56 bits per heavy atom. The molecule has 0 saturated carbocycles. The zero-order valence-electron chi connectivity index (χ0n) is 11.5. The van der Waals surface area contributed by atoms with Crippen molar-refractivity contribution in [1.29, 1.82) is 0 Å². The highest BCUT2D eigenvalue weighted by Crippen LogP contribution is 2.14. The summed E-state index contributed by atoms with van der Waals surface area (Å²) >= 11 is 0. The molecular formula is C12H23N3O3. The lowest BCUT2D eigenvalue weighted by molar-refractivity contribution is -0.129. The molecule has 0 aromatic rings. The third-order valence-corrected chi connectivity index (χ3v) is 2.96. The molecule has 1 heterocycles. The summed E-state index contributed by atoms with van der Waals surface area (Å²) in [5.41, 5.74) is -0.662. The second-order valence-corrected chi connectivity index (χ2v) is 5.68. The van der Waals surface area contributed by atoms with Crippen LogP contribution in [-0.4, -0.2) is 52.7 Å². The minimum absolute atomic E-state index is 0.0664. The highest BCUT2D eigenvalue weighted by atomic mass is 16.3. The zero-order valence-corrected chi connectivity index (χ0v) is 11.5. The zero-order chi connectivity index (χ0) is 13.9. The van der Waals surface area contributed by atoms with Gasteiger partial charge in [-0.25, -0.2) is 4.79 Å². The number of hydrogen-bond acceptors (Lipinski definition) is 3. The van der Waals surface area contributed by atoms with Crippen LogP contribution in [0.3, 0.4) is 0 Å². The van der Waals surface area contributed by atoms with Gasteiger partial charge < -0.3 is 20.6 Å². The predicted octanol–water partition coefficient (Wildman–Crippen LogP) is 0.0658. The lowest BCUT2D eigenvalue weighted by Gasteiger charge is -2.25. The van der Waals surface area contributed by atoms with Gasteiger partial charge in [-0.15, -0.1) is 0 Å². The van der Waals surface area contributed by atoms with Crippen molar-refractivity contribution in [3.8, 4) is 0 Å². The van der Waals surface area contributed by atoms with Crippen LogP contribution in [0.4, 0.5) is 4.79 Å². The minimum Gasteiger partial charge on any atom is -0.394 e. The van der Waals surface area contributed by atoms with Crippen LogP contribution in [0.15, 0.2) is 0 Å². The van der Waals surface area contributed by atoms with Crippen LogP contribution >= 0.6 is 0 Å². The Morgan fingerprint density at radius 2 is 2.17 bits per heavy atom. The van der Waals surface area contributed by atoms with Gasteiger partial charge in [-0.3, -0.25) is 4.79 Å². The molecular weight excluding hydrogens is 234 g/mol. The van der Waals surface area contributed by atoms with Crippen molar-refractivity contribution < 1.29 is 14.7 Å². The van der Waals surface area contributed by atoms with E-state index < -0.39 is 5.54 Å². The number of carbonyl (C=O) groups is 2. The topological polar surface area (TPSA) is 81.7 Å². The van der Waals surface area contributed by atoms with E-state index in [0.29, 0.717) is 13.0 Å². The van der Waals surface area contributed by atoms with Gasteiger partial charge in [0.15, 0.2) is 0 Å². The maximum absolute atomic E-state index is 11.7. The molecule has 0 spiro atoms. The monoisotopic (exact) mass is 257 g/mol. The summed E-state index contributed by atoms with van der Waals surface area (Å²) in [6.07, 6.45) is 0.338. The lowest BCUT2D eigenvalue weighted by Crippen LogP contribution is -2.53. The Hall–Kier alpha value is -1.30. The molecule has 1 rings (SSSR count). The van der Waals surface area contributed by atoms with E-state index in [1.165, 1.54) is 0 Å². The minimum atomic E-state index is -0.662. The van der Waals surface area contributed by atoms with E-state index in [0.717, 1.165) is 0 Å². The molecule has 0 aromatic carbocycles. The van der Waals surface area contributed by atoms with Gasteiger partial charge >= 0.3 is 6.03 Å². The van der Waals surface area contributed by atoms with Crippen molar-refractivity contribution in [1.82, 2.24) is 15.5 Å². The second kappa shape index (κ2) is 5.56. The van der Waals surface area contributed by atoms with Gasteiger partial charge in [-0.1, -0.05) is 0 Å². The standard InChI is InChI=1S/C12H23N3O3/c1-8(2)15-6-9(5-10(15)17)13-11(18)14-12(3,4)7-16/h8-9,16H,5-7H2,1-4H3,(H2,13,14,18). The number of carbonyl (C=O) groups excluding carboxylic acids is 2. The van der Waals surface area contributed by atoms with Gasteiger partial charge in [0, 0.05) is 19.0 Å². The van der Waals surface area contributed by atoms with Crippen LogP contribution < -0.4 is 10.6 Å². The fourth-order valence-electron chi connectivity index (χ4n) is 1.90. The SMILES string of the molecule is CC(C)N1CC(NC(=O)NC(C)(C)CO)CC1=O. The number of nitrogens with one attached hydrogen (secondary N) is 2. The first-order valence-corrected chi connectivity index (χ1v) is 6.24. The number of nitrogens with zero attached hydrogens (tertiary/aromatic N) is 1. The Labute approximate surface area is 108 Å². The van der Waals surface area contributed by atoms with Crippen LogP contribution in [0.5, 0.6) is 0 Å². The maximum atomic E-state index is 11.7. The summed E-state index contributed by atoms with van der Waals surface area (Å²) in [6, 6.07) is -0.354. The van der Waals surface area contributed by atoms with Crippen LogP contribution in [0.1, 0.15) is 34.1 Å². The normalized spacial score (nSPS) is 20.4. The number of hydrogen-bond donors (Lipinski definition) is 3. The Balaban J connectivity index is 2.46. The fraction of sp³-hybridized carbons (Fsp3) is 0.833. The first kappa shape index (κ1) is 14.8. The number of likely N-dealkylation sites (tertiary alicyclic amines) is 1. The van der Waals surface area contributed by atoms with E-state index in [9.17, 15) is 9.59 Å². The third kappa shape index (κ3) is 3.87. The van der Waals surface area contributed by atoms with Crippen molar-refractivity contribution in [3.63, 3.8) is 0 Å². The highest BCUT2D eigenvalue weighted by molar-refractivity contribution is 5.82. The van der Waals surface area contributed by atoms with Gasteiger partial charge in [-0.05, 0) is 27.7 Å². The van der Waals surface area contributed by atoms with Crippen molar-refractivity contribution >= 4 is 11.9 Å². The first-order chi connectivity index (χ1) is 8.25. The van der Waals surface area contributed by atoms with Crippen LogP contribution in [-0.2, 0) is 4.79 Å². The molecule has 3 amide bonds. The van der Waals surface area contributed by atoms with Crippen LogP contribution in [0.2, 0.25) is 0 Å². The van der Waals surface area contributed by atoms with Crippen molar-refractivity contribution in [2.45, 2.75) is 51.7 Å². The molecule has 3 N–H and O–H groups in total. The van der Waals surface area contributed by atoms with E-state index in [1.807, 2.05) is 13.8 Å².